The molecule has 4 heteroatoms. The molecule has 0 aliphatic heterocycles. The second-order valence-corrected chi connectivity index (χ2v) is 4.82. The fourth-order valence-corrected chi connectivity index (χ4v) is 2.02. The van der Waals surface area contributed by atoms with E-state index < -0.39 is 5.97 Å². The molecule has 20 heavy (non-hydrogen) atoms. The van der Waals surface area contributed by atoms with Crippen molar-refractivity contribution in [1.82, 2.24) is 4.98 Å². The molecule has 1 aliphatic rings. The van der Waals surface area contributed by atoms with Crippen LogP contribution in [0.4, 0.5) is 0 Å². The molecule has 2 aromatic rings. The Morgan fingerprint density at radius 2 is 1.90 bits per heavy atom. The number of nitrogens with zero attached hydrogens (tertiary/aromatic N) is 1. The third kappa shape index (κ3) is 2.79. The molecular weight excluding hydrogens is 254 g/mol. The van der Waals surface area contributed by atoms with Crippen LogP contribution < -0.4 is 4.74 Å². The Bertz CT molecular complexity index is 601. The summed E-state index contributed by atoms with van der Waals surface area (Å²) in [7, 11) is 1.34. The average Bonchev–Trinajstić information content (AvgIpc) is 3.33. The van der Waals surface area contributed by atoms with Gasteiger partial charge >= 0.3 is 5.97 Å². The van der Waals surface area contributed by atoms with Crippen LogP contribution in [-0.2, 0) is 4.74 Å². The van der Waals surface area contributed by atoms with E-state index in [0.29, 0.717) is 11.4 Å². The Labute approximate surface area is 117 Å². The summed E-state index contributed by atoms with van der Waals surface area (Å²) in [5, 5.41) is 0. The van der Waals surface area contributed by atoms with Gasteiger partial charge in [0.1, 0.15) is 5.75 Å². The van der Waals surface area contributed by atoms with E-state index in [-0.39, 0.29) is 0 Å². The summed E-state index contributed by atoms with van der Waals surface area (Å²) >= 11 is 0. The Kier molecular flexibility index (Phi) is 3.37. The Hall–Kier alpha value is -2.36. The van der Waals surface area contributed by atoms with Crippen molar-refractivity contribution >= 4 is 5.97 Å². The van der Waals surface area contributed by atoms with Crippen molar-refractivity contribution in [1.29, 1.82) is 0 Å². The van der Waals surface area contributed by atoms with Gasteiger partial charge in [-0.1, -0.05) is 12.1 Å². The zero-order chi connectivity index (χ0) is 13.9. The summed E-state index contributed by atoms with van der Waals surface area (Å²) in [5.74, 6) is 1.53. The molecule has 0 unspecified atom stereocenters. The van der Waals surface area contributed by atoms with E-state index in [1.54, 1.807) is 12.1 Å². The lowest BCUT2D eigenvalue weighted by Crippen LogP contribution is -2.01. The highest BCUT2D eigenvalue weighted by molar-refractivity contribution is 5.88. The number of carbonyl (C=O) groups excluding carboxylic acids is 1. The molecule has 0 saturated heterocycles. The molecule has 3 rings (SSSR count). The molecule has 0 bridgehead atoms. The van der Waals surface area contributed by atoms with Gasteiger partial charge in [0, 0.05) is 12.3 Å². The number of aromatic nitrogens is 1. The number of rotatable bonds is 4. The molecule has 0 amide bonds. The molecule has 1 fully saturated rings. The van der Waals surface area contributed by atoms with Gasteiger partial charge in [-0.2, -0.15) is 0 Å². The first-order chi connectivity index (χ1) is 9.76. The van der Waals surface area contributed by atoms with Gasteiger partial charge in [-0.25, -0.2) is 9.78 Å². The fraction of sp³-hybridized carbons (Fsp3) is 0.250. The third-order valence-electron chi connectivity index (χ3n) is 3.31. The first-order valence-corrected chi connectivity index (χ1v) is 6.58. The third-order valence-corrected chi connectivity index (χ3v) is 3.31. The van der Waals surface area contributed by atoms with Crippen LogP contribution in [0.1, 0.15) is 34.7 Å². The van der Waals surface area contributed by atoms with Gasteiger partial charge in [0.2, 0.25) is 5.88 Å². The molecule has 1 aromatic heterocycles. The van der Waals surface area contributed by atoms with Gasteiger partial charge in [0.05, 0.1) is 12.7 Å². The van der Waals surface area contributed by atoms with Crippen molar-refractivity contribution in [2.75, 3.05) is 7.11 Å². The largest absolute Gasteiger partial charge is 0.465 e. The monoisotopic (exact) mass is 269 g/mol. The van der Waals surface area contributed by atoms with Crippen LogP contribution in [-0.4, -0.2) is 18.1 Å². The van der Waals surface area contributed by atoms with E-state index in [1.165, 1.54) is 31.7 Å². The van der Waals surface area contributed by atoms with Gasteiger partial charge < -0.3 is 9.47 Å². The summed E-state index contributed by atoms with van der Waals surface area (Å²) in [6, 6.07) is 11.4. The number of esters is 1. The fourth-order valence-electron chi connectivity index (χ4n) is 2.02. The van der Waals surface area contributed by atoms with Crippen LogP contribution in [0.3, 0.4) is 0 Å². The normalized spacial score (nSPS) is 13.8. The Balaban J connectivity index is 1.68. The zero-order valence-electron chi connectivity index (χ0n) is 11.2. The van der Waals surface area contributed by atoms with Crippen molar-refractivity contribution in [3.8, 4) is 11.6 Å². The number of methoxy groups -OCH3 is 1. The van der Waals surface area contributed by atoms with Crippen LogP contribution in [0.2, 0.25) is 0 Å². The van der Waals surface area contributed by atoms with Crippen LogP contribution >= 0.6 is 0 Å². The van der Waals surface area contributed by atoms with Crippen molar-refractivity contribution < 1.29 is 14.3 Å². The molecule has 0 atom stereocenters. The smallest absolute Gasteiger partial charge is 0.339 e. The van der Waals surface area contributed by atoms with Crippen molar-refractivity contribution in [2.24, 2.45) is 0 Å². The molecule has 1 aliphatic carbocycles. The molecular formula is C16H15NO3. The van der Waals surface area contributed by atoms with Gasteiger partial charge in [-0.05, 0) is 42.5 Å². The Morgan fingerprint density at radius 1 is 1.15 bits per heavy atom. The minimum atomic E-state index is -0.405. The molecule has 1 saturated carbocycles. The van der Waals surface area contributed by atoms with Gasteiger partial charge in [0.15, 0.2) is 0 Å². The predicted octanol–water partition coefficient (Wildman–Crippen LogP) is 3.54. The first kappa shape index (κ1) is 12.7. The SMILES string of the molecule is COC(=O)c1ccc(Oc2ccc(C3CC3)cc2)nc1. The molecule has 0 N–H and O–H groups in total. The van der Waals surface area contributed by atoms with E-state index in [1.807, 2.05) is 12.1 Å². The lowest BCUT2D eigenvalue weighted by molar-refractivity contribution is 0.0600. The van der Waals surface area contributed by atoms with E-state index in [9.17, 15) is 4.79 Å². The molecule has 1 aromatic carbocycles. The topological polar surface area (TPSA) is 48.4 Å². The molecule has 0 radical (unpaired) electrons. The van der Waals surface area contributed by atoms with Crippen LogP contribution in [0, 0.1) is 0 Å². The molecule has 0 spiro atoms. The number of hydrogen-bond donors (Lipinski definition) is 0. The standard InChI is InChI=1S/C16H15NO3/c1-19-16(18)13-6-9-15(17-10-13)20-14-7-4-12(5-8-14)11-2-3-11/h4-11H,2-3H2,1H3. The van der Waals surface area contributed by atoms with Crippen LogP contribution in [0.5, 0.6) is 11.6 Å². The van der Waals surface area contributed by atoms with Gasteiger partial charge in [0.25, 0.3) is 0 Å². The summed E-state index contributed by atoms with van der Waals surface area (Å²) in [6.45, 7) is 0. The van der Waals surface area contributed by atoms with Gasteiger partial charge in [-0.15, -0.1) is 0 Å². The van der Waals surface area contributed by atoms with Crippen molar-refractivity contribution in [3.63, 3.8) is 0 Å². The summed E-state index contributed by atoms with van der Waals surface area (Å²) in [6.07, 6.45) is 4.02. The van der Waals surface area contributed by atoms with Crippen molar-refractivity contribution in [2.45, 2.75) is 18.8 Å². The average molecular weight is 269 g/mol. The summed E-state index contributed by atoms with van der Waals surface area (Å²) < 4.78 is 10.3. The second kappa shape index (κ2) is 5.33. The molecule has 4 nitrogen and oxygen atoms in total. The number of pyridine rings is 1. The highest BCUT2D eigenvalue weighted by Gasteiger charge is 2.23. The minimum Gasteiger partial charge on any atom is -0.465 e. The minimum absolute atomic E-state index is 0.405. The molecule has 102 valence electrons. The van der Waals surface area contributed by atoms with E-state index in [2.05, 4.69) is 21.9 Å². The summed E-state index contributed by atoms with van der Waals surface area (Å²) in [5.41, 5.74) is 1.77. The molecule has 1 heterocycles. The highest BCUT2D eigenvalue weighted by Crippen LogP contribution is 2.40. The van der Waals surface area contributed by atoms with E-state index in [4.69, 9.17) is 4.74 Å². The van der Waals surface area contributed by atoms with Crippen LogP contribution in [0.15, 0.2) is 42.6 Å². The lowest BCUT2D eigenvalue weighted by Gasteiger charge is -2.06. The maximum atomic E-state index is 11.3. The maximum Gasteiger partial charge on any atom is 0.339 e. The quantitative estimate of drug-likeness (QED) is 0.796. The maximum absolute atomic E-state index is 11.3. The number of benzene rings is 1. The van der Waals surface area contributed by atoms with E-state index in [0.717, 1.165) is 11.7 Å². The lowest BCUT2D eigenvalue weighted by atomic mass is 10.1. The Morgan fingerprint density at radius 3 is 2.45 bits per heavy atom. The number of hydrogen-bond acceptors (Lipinski definition) is 4. The predicted molar refractivity (Wildman–Crippen MR) is 74.1 cm³/mol. The van der Waals surface area contributed by atoms with E-state index >= 15 is 0 Å². The highest BCUT2D eigenvalue weighted by atomic mass is 16.5. The van der Waals surface area contributed by atoms with Crippen molar-refractivity contribution in [3.05, 3.63) is 53.7 Å². The number of ether oxygens (including phenoxy) is 2. The zero-order valence-corrected chi connectivity index (χ0v) is 11.2. The number of carbonyl (C=O) groups is 1. The first-order valence-electron chi connectivity index (χ1n) is 6.58. The van der Waals surface area contributed by atoms with Gasteiger partial charge in [-0.3, -0.25) is 0 Å². The second-order valence-electron chi connectivity index (χ2n) is 4.82. The van der Waals surface area contributed by atoms with Crippen LogP contribution in [0.25, 0.3) is 0 Å². The summed E-state index contributed by atoms with van der Waals surface area (Å²) in [4.78, 5) is 15.4.